The van der Waals surface area contributed by atoms with Gasteiger partial charge >= 0.3 is 0 Å². The number of hydrogen-bond donors (Lipinski definition) is 9. The number of unbranched alkanes of at least 4 members (excludes halogenated alkanes) is 27. The highest BCUT2D eigenvalue weighted by molar-refractivity contribution is 5.76. The number of carbonyl (C=O) groups is 1. The number of amides is 1. The standard InChI is InChI=1S/C59H107NO13/c1-3-5-7-9-11-13-15-17-19-21-22-23-24-25-26-27-29-31-33-35-37-39-41-43-51(64)60-47(48(63)42-40-38-36-34-32-30-28-20-18-16-14-12-10-8-6-4-2)46-70-58-56(69)54(67)57(50(45-62)72-58)73-59-55(68)53(66)52(65)49(44-61)71-59/h15,17,21-22,24-25,40,42,47-50,52-59,61-63,65-69H,3-14,16,18-20,23,26-39,41,43-46H2,1-2H3,(H,60,64)/b17-15-,22-21-,25-24-,42-40+. The lowest BCUT2D eigenvalue weighted by Crippen LogP contribution is -2.65. The van der Waals surface area contributed by atoms with Crippen molar-refractivity contribution in [1.29, 1.82) is 0 Å². The molecule has 2 aliphatic heterocycles. The largest absolute Gasteiger partial charge is 0.394 e. The number of aliphatic hydroxyl groups excluding tert-OH is 8. The Bertz CT molecular complexity index is 1410. The van der Waals surface area contributed by atoms with Crippen LogP contribution in [0.15, 0.2) is 48.6 Å². The summed E-state index contributed by atoms with van der Waals surface area (Å²) in [7, 11) is 0. The van der Waals surface area contributed by atoms with Gasteiger partial charge in [-0.2, -0.15) is 0 Å². The van der Waals surface area contributed by atoms with Crippen LogP contribution in [-0.2, 0) is 23.7 Å². The van der Waals surface area contributed by atoms with Gasteiger partial charge in [0.2, 0.25) is 5.91 Å². The second kappa shape index (κ2) is 45.0. The fourth-order valence-corrected chi connectivity index (χ4v) is 9.47. The van der Waals surface area contributed by atoms with Gasteiger partial charge in [0.05, 0.1) is 32.0 Å². The molecule has 2 fully saturated rings. The van der Waals surface area contributed by atoms with Gasteiger partial charge in [0.25, 0.3) is 0 Å². The van der Waals surface area contributed by atoms with E-state index in [0.29, 0.717) is 6.42 Å². The second-order valence-corrected chi connectivity index (χ2v) is 20.8. The van der Waals surface area contributed by atoms with Gasteiger partial charge in [0, 0.05) is 6.42 Å². The average Bonchev–Trinajstić information content (AvgIpc) is 3.39. The number of rotatable bonds is 46. The molecule has 0 bridgehead atoms. The summed E-state index contributed by atoms with van der Waals surface area (Å²) in [5.74, 6) is -0.247. The number of aliphatic hydroxyl groups is 8. The summed E-state index contributed by atoms with van der Waals surface area (Å²) >= 11 is 0. The Hall–Kier alpha value is -2.05. The van der Waals surface area contributed by atoms with Crippen LogP contribution in [0.5, 0.6) is 0 Å². The Morgan fingerprint density at radius 2 is 0.904 bits per heavy atom. The monoisotopic (exact) mass is 1040 g/mol. The lowest BCUT2D eigenvalue weighted by molar-refractivity contribution is -0.359. The summed E-state index contributed by atoms with van der Waals surface area (Å²) in [6.45, 7) is 2.78. The Balaban J connectivity index is 1.78. The third-order valence-electron chi connectivity index (χ3n) is 14.3. The van der Waals surface area contributed by atoms with E-state index in [2.05, 4.69) is 55.6 Å². The fraction of sp³-hybridized carbons (Fsp3) is 0.847. The van der Waals surface area contributed by atoms with Crippen LogP contribution in [0.25, 0.3) is 0 Å². The molecule has 0 radical (unpaired) electrons. The van der Waals surface area contributed by atoms with E-state index < -0.39 is 86.8 Å². The third-order valence-corrected chi connectivity index (χ3v) is 14.3. The first-order chi connectivity index (χ1) is 35.6. The van der Waals surface area contributed by atoms with Crippen LogP contribution >= 0.6 is 0 Å². The van der Waals surface area contributed by atoms with Crippen molar-refractivity contribution in [3.8, 4) is 0 Å². The maximum absolute atomic E-state index is 13.2. The Labute approximate surface area is 442 Å². The first-order valence-corrected chi connectivity index (χ1v) is 29.4. The predicted molar refractivity (Wildman–Crippen MR) is 291 cm³/mol. The molecule has 14 nitrogen and oxygen atoms in total. The Kier molecular flexibility index (Phi) is 41.4. The first kappa shape index (κ1) is 67.1. The minimum Gasteiger partial charge on any atom is -0.394 e. The SMILES string of the molecule is CCCCCCC/C=C\C/C=C\C/C=C\CCCCCCCCCCC(=O)NC(COC1OC(CO)C(OC2OC(CO)C(O)C(O)C2O)C(O)C1O)C(O)/C=C/CCCCCCCCCCCCCCCC. The highest BCUT2D eigenvalue weighted by Gasteiger charge is 2.51. The molecule has 2 rings (SSSR count). The number of hydrogen-bond acceptors (Lipinski definition) is 13. The quantitative estimate of drug-likeness (QED) is 0.0205. The van der Waals surface area contributed by atoms with Gasteiger partial charge in [0.1, 0.15) is 48.8 Å². The van der Waals surface area contributed by atoms with Gasteiger partial charge < -0.3 is 65.1 Å². The molecular formula is C59H107NO13. The first-order valence-electron chi connectivity index (χ1n) is 29.4. The van der Waals surface area contributed by atoms with Gasteiger partial charge in [-0.1, -0.05) is 210 Å². The average molecular weight is 1040 g/mol. The lowest BCUT2D eigenvalue weighted by Gasteiger charge is -2.46. The summed E-state index contributed by atoms with van der Waals surface area (Å²) in [4.78, 5) is 13.2. The number of ether oxygens (including phenoxy) is 4. The molecule has 1 amide bonds. The minimum atomic E-state index is -1.79. The highest BCUT2D eigenvalue weighted by atomic mass is 16.7. The van der Waals surface area contributed by atoms with Crippen molar-refractivity contribution in [3.05, 3.63) is 48.6 Å². The van der Waals surface area contributed by atoms with Gasteiger partial charge in [-0.05, 0) is 57.8 Å². The molecule has 0 aromatic carbocycles. The summed E-state index contributed by atoms with van der Waals surface area (Å²) in [6, 6.07) is -0.919. The molecule has 0 aromatic heterocycles. The van der Waals surface area contributed by atoms with E-state index in [9.17, 15) is 45.6 Å². The van der Waals surface area contributed by atoms with Crippen molar-refractivity contribution in [3.63, 3.8) is 0 Å². The van der Waals surface area contributed by atoms with E-state index in [-0.39, 0.29) is 18.9 Å². The maximum Gasteiger partial charge on any atom is 0.220 e. The van der Waals surface area contributed by atoms with Crippen molar-refractivity contribution in [2.24, 2.45) is 0 Å². The molecule has 2 heterocycles. The van der Waals surface area contributed by atoms with E-state index in [0.717, 1.165) is 57.8 Å². The minimum absolute atomic E-state index is 0.247. The predicted octanol–water partition coefficient (Wildman–Crippen LogP) is 9.61. The molecule has 12 atom stereocenters. The van der Waals surface area contributed by atoms with Crippen LogP contribution < -0.4 is 5.32 Å². The van der Waals surface area contributed by atoms with Crippen LogP contribution in [0.1, 0.15) is 226 Å². The van der Waals surface area contributed by atoms with Crippen molar-refractivity contribution in [1.82, 2.24) is 5.32 Å². The van der Waals surface area contributed by atoms with Crippen LogP contribution in [0.3, 0.4) is 0 Å². The maximum atomic E-state index is 13.2. The summed E-state index contributed by atoms with van der Waals surface area (Å²) in [5, 5.41) is 87.0. The van der Waals surface area contributed by atoms with Gasteiger partial charge in [0.15, 0.2) is 12.6 Å². The van der Waals surface area contributed by atoms with Crippen LogP contribution in [0, 0.1) is 0 Å². The van der Waals surface area contributed by atoms with E-state index >= 15 is 0 Å². The zero-order valence-electron chi connectivity index (χ0n) is 45.6. The second-order valence-electron chi connectivity index (χ2n) is 20.8. The highest BCUT2D eigenvalue weighted by Crippen LogP contribution is 2.30. The van der Waals surface area contributed by atoms with E-state index in [1.807, 2.05) is 6.08 Å². The smallest absolute Gasteiger partial charge is 0.220 e. The molecule has 2 saturated heterocycles. The molecule has 0 spiro atoms. The van der Waals surface area contributed by atoms with Crippen molar-refractivity contribution in [2.45, 2.75) is 299 Å². The molecule has 14 heteroatoms. The molecule has 0 aliphatic carbocycles. The number of allylic oxidation sites excluding steroid dienone is 7. The normalized spacial score (nSPS) is 25.7. The topological polar surface area (TPSA) is 228 Å². The van der Waals surface area contributed by atoms with E-state index in [1.54, 1.807) is 6.08 Å². The summed E-state index contributed by atoms with van der Waals surface area (Å²) in [6.07, 6.45) is 38.5. The van der Waals surface area contributed by atoms with Gasteiger partial charge in [-0.15, -0.1) is 0 Å². The fourth-order valence-electron chi connectivity index (χ4n) is 9.47. The Morgan fingerprint density at radius 3 is 1.38 bits per heavy atom. The van der Waals surface area contributed by atoms with Gasteiger partial charge in [-0.3, -0.25) is 4.79 Å². The Morgan fingerprint density at radius 1 is 0.493 bits per heavy atom. The molecule has 73 heavy (non-hydrogen) atoms. The third kappa shape index (κ3) is 31.1. The van der Waals surface area contributed by atoms with Crippen molar-refractivity contribution >= 4 is 5.91 Å². The van der Waals surface area contributed by atoms with Crippen molar-refractivity contribution in [2.75, 3.05) is 19.8 Å². The molecule has 426 valence electrons. The number of nitrogens with one attached hydrogen (secondary N) is 1. The van der Waals surface area contributed by atoms with Gasteiger partial charge in [-0.25, -0.2) is 0 Å². The van der Waals surface area contributed by atoms with Crippen molar-refractivity contribution < 1.29 is 64.6 Å². The summed E-state index contributed by atoms with van der Waals surface area (Å²) < 4.78 is 22.8. The van der Waals surface area contributed by atoms with Crippen LogP contribution in [0.2, 0.25) is 0 Å². The molecule has 0 aromatic rings. The molecule has 9 N–H and O–H groups in total. The number of carbonyl (C=O) groups excluding carboxylic acids is 1. The molecule has 0 saturated carbocycles. The molecular weight excluding hydrogens is 931 g/mol. The zero-order valence-corrected chi connectivity index (χ0v) is 45.6. The lowest BCUT2D eigenvalue weighted by atomic mass is 9.97. The molecule has 2 aliphatic rings. The molecule has 12 unspecified atom stereocenters. The van der Waals surface area contributed by atoms with E-state index in [4.69, 9.17) is 18.9 Å². The van der Waals surface area contributed by atoms with E-state index in [1.165, 1.54) is 141 Å². The van der Waals surface area contributed by atoms with Crippen LogP contribution in [0.4, 0.5) is 0 Å². The van der Waals surface area contributed by atoms with Crippen LogP contribution in [-0.4, -0.2) is 140 Å². The zero-order chi connectivity index (χ0) is 53.2. The summed E-state index contributed by atoms with van der Waals surface area (Å²) in [5.41, 5.74) is 0.